The first-order valence-corrected chi connectivity index (χ1v) is 7.22. The zero-order valence-electron chi connectivity index (χ0n) is 12.2. The fourth-order valence-corrected chi connectivity index (χ4v) is 2.79. The van der Waals surface area contributed by atoms with Crippen LogP contribution in [-0.4, -0.2) is 49.7 Å². The molecule has 1 aliphatic heterocycles. The monoisotopic (exact) mass is 271 g/mol. The van der Waals surface area contributed by atoms with E-state index in [9.17, 15) is 0 Å². The number of hydrogen-bond donors (Lipinski definition) is 0. The van der Waals surface area contributed by atoms with E-state index in [1.807, 2.05) is 12.3 Å². The van der Waals surface area contributed by atoms with Gasteiger partial charge in [-0.1, -0.05) is 13.0 Å². The first-order valence-electron chi connectivity index (χ1n) is 7.22. The standard InChI is InChI=1S/C16H21N3O/c1-3-18-8-10-19(11-9-18)16-15-12-14(20-2)5-4-13(15)6-7-17-16/h4-7,12H,3,8-11H2,1-2H3. The normalized spacial score (nSPS) is 16.6. The van der Waals surface area contributed by atoms with Gasteiger partial charge >= 0.3 is 0 Å². The number of ether oxygens (including phenoxy) is 1. The Bertz CT molecular complexity index is 591. The smallest absolute Gasteiger partial charge is 0.136 e. The zero-order chi connectivity index (χ0) is 13.9. The van der Waals surface area contributed by atoms with E-state index in [4.69, 9.17) is 4.74 Å². The molecule has 0 aliphatic carbocycles. The van der Waals surface area contributed by atoms with Crippen molar-refractivity contribution >= 4 is 16.6 Å². The number of piperazine rings is 1. The number of rotatable bonds is 3. The summed E-state index contributed by atoms with van der Waals surface area (Å²) in [6.07, 6.45) is 1.90. The van der Waals surface area contributed by atoms with E-state index in [-0.39, 0.29) is 0 Å². The van der Waals surface area contributed by atoms with Gasteiger partial charge < -0.3 is 14.5 Å². The molecule has 20 heavy (non-hydrogen) atoms. The minimum atomic E-state index is 0.888. The minimum absolute atomic E-state index is 0.888. The molecule has 2 aromatic rings. The van der Waals surface area contributed by atoms with E-state index >= 15 is 0 Å². The van der Waals surface area contributed by atoms with Crippen LogP contribution < -0.4 is 9.64 Å². The predicted molar refractivity (Wildman–Crippen MR) is 82.6 cm³/mol. The predicted octanol–water partition coefficient (Wildman–Crippen LogP) is 2.39. The second-order valence-corrected chi connectivity index (χ2v) is 5.14. The lowest BCUT2D eigenvalue weighted by Crippen LogP contribution is -2.46. The third kappa shape index (κ3) is 2.43. The van der Waals surface area contributed by atoms with Gasteiger partial charge in [-0.3, -0.25) is 0 Å². The van der Waals surface area contributed by atoms with Crippen LogP contribution in [0.1, 0.15) is 6.92 Å². The number of hydrogen-bond acceptors (Lipinski definition) is 4. The molecule has 0 atom stereocenters. The molecule has 0 N–H and O–H groups in total. The number of methoxy groups -OCH3 is 1. The molecule has 0 unspecified atom stereocenters. The van der Waals surface area contributed by atoms with E-state index in [2.05, 4.69) is 39.9 Å². The van der Waals surface area contributed by atoms with Gasteiger partial charge in [0.1, 0.15) is 11.6 Å². The van der Waals surface area contributed by atoms with Crippen LogP contribution in [0.5, 0.6) is 5.75 Å². The molecule has 106 valence electrons. The fourth-order valence-electron chi connectivity index (χ4n) is 2.79. The Morgan fingerprint density at radius 3 is 2.65 bits per heavy atom. The molecule has 4 nitrogen and oxygen atoms in total. The SMILES string of the molecule is CCN1CCN(c2nccc3ccc(OC)cc23)CC1. The van der Waals surface area contributed by atoms with Crippen molar-refractivity contribution in [2.75, 3.05) is 44.7 Å². The lowest BCUT2D eigenvalue weighted by atomic mass is 10.1. The van der Waals surface area contributed by atoms with E-state index < -0.39 is 0 Å². The number of likely N-dealkylation sites (N-methyl/N-ethyl adjacent to an activating group) is 1. The van der Waals surface area contributed by atoms with E-state index in [0.29, 0.717) is 0 Å². The van der Waals surface area contributed by atoms with Crippen molar-refractivity contribution in [3.05, 3.63) is 30.5 Å². The van der Waals surface area contributed by atoms with Gasteiger partial charge in [0.2, 0.25) is 0 Å². The van der Waals surface area contributed by atoms with Crippen molar-refractivity contribution in [3.63, 3.8) is 0 Å². The number of anilines is 1. The summed E-state index contributed by atoms with van der Waals surface area (Å²) in [6, 6.07) is 8.24. The molecule has 0 radical (unpaired) electrons. The summed E-state index contributed by atoms with van der Waals surface area (Å²) in [5.41, 5.74) is 0. The molecule has 1 aliphatic rings. The largest absolute Gasteiger partial charge is 0.497 e. The van der Waals surface area contributed by atoms with Crippen LogP contribution in [0.3, 0.4) is 0 Å². The average molecular weight is 271 g/mol. The molecular formula is C16H21N3O. The summed E-state index contributed by atoms with van der Waals surface area (Å²) < 4.78 is 5.34. The van der Waals surface area contributed by atoms with Crippen LogP contribution >= 0.6 is 0 Å². The van der Waals surface area contributed by atoms with Crippen molar-refractivity contribution in [1.82, 2.24) is 9.88 Å². The second-order valence-electron chi connectivity index (χ2n) is 5.14. The van der Waals surface area contributed by atoms with E-state index in [0.717, 1.165) is 44.3 Å². The molecule has 1 aromatic heterocycles. The van der Waals surface area contributed by atoms with Gasteiger partial charge in [-0.25, -0.2) is 4.98 Å². The van der Waals surface area contributed by atoms with Gasteiger partial charge in [0.05, 0.1) is 7.11 Å². The van der Waals surface area contributed by atoms with Crippen LogP contribution in [0.25, 0.3) is 10.8 Å². The fraction of sp³-hybridized carbons (Fsp3) is 0.438. The van der Waals surface area contributed by atoms with Crippen LogP contribution in [-0.2, 0) is 0 Å². The maximum Gasteiger partial charge on any atom is 0.136 e. The molecular weight excluding hydrogens is 250 g/mol. The summed E-state index contributed by atoms with van der Waals surface area (Å²) in [6.45, 7) is 7.65. The quantitative estimate of drug-likeness (QED) is 0.857. The first-order chi connectivity index (χ1) is 9.81. The van der Waals surface area contributed by atoms with Crippen LogP contribution in [0.4, 0.5) is 5.82 Å². The maximum absolute atomic E-state index is 5.34. The summed E-state index contributed by atoms with van der Waals surface area (Å²) in [7, 11) is 1.71. The molecule has 1 saturated heterocycles. The van der Waals surface area contributed by atoms with Gasteiger partial charge in [-0.05, 0) is 30.1 Å². The van der Waals surface area contributed by atoms with Gasteiger partial charge in [0.25, 0.3) is 0 Å². The van der Waals surface area contributed by atoms with Gasteiger partial charge in [0, 0.05) is 37.8 Å². The first kappa shape index (κ1) is 13.2. The van der Waals surface area contributed by atoms with Crippen LogP contribution in [0.2, 0.25) is 0 Å². The van der Waals surface area contributed by atoms with Crippen molar-refractivity contribution in [3.8, 4) is 5.75 Å². The average Bonchev–Trinajstić information content (AvgIpc) is 2.54. The Hall–Kier alpha value is -1.81. The minimum Gasteiger partial charge on any atom is -0.497 e. The molecule has 1 aromatic carbocycles. The Morgan fingerprint density at radius 1 is 1.15 bits per heavy atom. The highest BCUT2D eigenvalue weighted by Gasteiger charge is 2.18. The van der Waals surface area contributed by atoms with E-state index in [1.54, 1.807) is 7.11 Å². The summed E-state index contributed by atoms with van der Waals surface area (Å²) in [5, 5.41) is 2.39. The van der Waals surface area contributed by atoms with E-state index in [1.165, 1.54) is 10.8 Å². The highest BCUT2D eigenvalue weighted by atomic mass is 16.5. The summed E-state index contributed by atoms with van der Waals surface area (Å²) in [5.74, 6) is 1.97. The Labute approximate surface area is 120 Å². The van der Waals surface area contributed by atoms with Gasteiger partial charge in [-0.15, -0.1) is 0 Å². The van der Waals surface area contributed by atoms with Crippen molar-refractivity contribution in [2.45, 2.75) is 6.92 Å². The molecule has 4 heteroatoms. The summed E-state index contributed by atoms with van der Waals surface area (Å²) >= 11 is 0. The maximum atomic E-state index is 5.34. The zero-order valence-corrected chi connectivity index (χ0v) is 12.2. The highest BCUT2D eigenvalue weighted by Crippen LogP contribution is 2.28. The highest BCUT2D eigenvalue weighted by molar-refractivity contribution is 5.93. The number of fused-ring (bicyclic) bond motifs is 1. The van der Waals surface area contributed by atoms with Crippen molar-refractivity contribution in [1.29, 1.82) is 0 Å². The lowest BCUT2D eigenvalue weighted by Gasteiger charge is -2.35. The Kier molecular flexibility index (Phi) is 3.74. The molecule has 1 fully saturated rings. The Morgan fingerprint density at radius 2 is 1.95 bits per heavy atom. The molecule has 0 bridgehead atoms. The number of pyridine rings is 1. The molecule has 0 saturated carbocycles. The molecule has 0 spiro atoms. The van der Waals surface area contributed by atoms with Gasteiger partial charge in [-0.2, -0.15) is 0 Å². The topological polar surface area (TPSA) is 28.6 Å². The second kappa shape index (κ2) is 5.67. The third-order valence-corrected chi connectivity index (χ3v) is 4.07. The molecule has 3 rings (SSSR count). The number of aromatic nitrogens is 1. The Balaban J connectivity index is 1.94. The van der Waals surface area contributed by atoms with Crippen molar-refractivity contribution < 1.29 is 4.74 Å². The number of benzene rings is 1. The third-order valence-electron chi connectivity index (χ3n) is 4.07. The summed E-state index contributed by atoms with van der Waals surface area (Å²) in [4.78, 5) is 9.47. The molecule has 2 heterocycles. The van der Waals surface area contributed by atoms with Crippen LogP contribution in [0, 0.1) is 0 Å². The lowest BCUT2D eigenvalue weighted by molar-refractivity contribution is 0.271. The number of nitrogens with zero attached hydrogens (tertiary/aromatic N) is 3. The van der Waals surface area contributed by atoms with Gasteiger partial charge in [0.15, 0.2) is 0 Å². The van der Waals surface area contributed by atoms with Crippen LogP contribution in [0.15, 0.2) is 30.5 Å². The molecule has 0 amide bonds. The van der Waals surface area contributed by atoms with Crippen molar-refractivity contribution in [2.24, 2.45) is 0 Å².